The number of nitrogen functional groups attached to an aromatic ring is 1. The molecule has 0 saturated carbocycles. The average molecular weight is 244 g/mol. The predicted octanol–water partition coefficient (Wildman–Crippen LogP) is 2.50. The highest BCUT2D eigenvalue weighted by Gasteiger charge is 2.29. The quantitative estimate of drug-likeness (QED) is 0.608. The lowest BCUT2D eigenvalue weighted by Gasteiger charge is -2.25. The molecule has 1 aliphatic rings. The molecule has 15 heavy (non-hydrogen) atoms. The number of cyclic esters (lactones) is 1. The molecule has 0 spiro atoms. The molecule has 80 valence electrons. The van der Waals surface area contributed by atoms with Gasteiger partial charge in [0.05, 0.1) is 21.5 Å². The first-order valence-corrected chi connectivity index (χ1v) is 6.09. The molecular weight excluding hydrogens is 234 g/mol. The Balaban J connectivity index is 2.62. The first kappa shape index (κ1) is 10.6. The van der Waals surface area contributed by atoms with Crippen LogP contribution in [0.25, 0.3) is 0 Å². The van der Waals surface area contributed by atoms with Crippen molar-refractivity contribution in [2.45, 2.75) is 5.25 Å². The molecule has 0 aliphatic carbocycles. The summed E-state index contributed by atoms with van der Waals surface area (Å²) >= 11 is 7.53. The smallest absolute Gasteiger partial charge is 0.338 e. The number of rotatable bonds is 1. The molecule has 1 aromatic rings. The summed E-state index contributed by atoms with van der Waals surface area (Å²) in [6.45, 7) is 0.359. The van der Waals surface area contributed by atoms with Gasteiger partial charge in [0, 0.05) is 5.56 Å². The van der Waals surface area contributed by atoms with Gasteiger partial charge in [-0.1, -0.05) is 11.6 Å². The van der Waals surface area contributed by atoms with Crippen molar-refractivity contribution in [3.8, 4) is 0 Å². The highest BCUT2D eigenvalue weighted by molar-refractivity contribution is 7.98. The summed E-state index contributed by atoms with van der Waals surface area (Å²) in [7, 11) is 0. The van der Waals surface area contributed by atoms with E-state index in [9.17, 15) is 4.79 Å². The number of hydrogen-bond acceptors (Lipinski definition) is 4. The number of anilines is 1. The van der Waals surface area contributed by atoms with Crippen LogP contribution in [0.2, 0.25) is 5.02 Å². The Labute approximate surface area is 96.9 Å². The normalized spacial score (nSPS) is 19.6. The molecule has 1 unspecified atom stereocenters. The summed E-state index contributed by atoms with van der Waals surface area (Å²) in [6, 6.07) is 3.29. The van der Waals surface area contributed by atoms with E-state index >= 15 is 0 Å². The highest BCUT2D eigenvalue weighted by Crippen LogP contribution is 2.40. The number of carbonyl (C=O) groups excluding carboxylic acids is 1. The van der Waals surface area contributed by atoms with Crippen molar-refractivity contribution in [3.05, 3.63) is 28.3 Å². The second-order valence-corrected chi connectivity index (χ2v) is 4.69. The Bertz CT molecular complexity index is 422. The zero-order chi connectivity index (χ0) is 11.0. The van der Waals surface area contributed by atoms with Gasteiger partial charge in [-0.15, -0.1) is 0 Å². The summed E-state index contributed by atoms with van der Waals surface area (Å²) in [5.74, 6) is -0.321. The lowest BCUT2D eigenvalue weighted by atomic mass is 10.0. The van der Waals surface area contributed by atoms with Crippen LogP contribution in [0.4, 0.5) is 5.69 Å². The minimum atomic E-state index is -0.321. The number of fused-ring (bicyclic) bond motifs is 1. The van der Waals surface area contributed by atoms with Crippen LogP contribution < -0.4 is 5.73 Å². The number of ether oxygens (including phenoxy) is 1. The maximum absolute atomic E-state index is 11.5. The molecule has 1 atom stereocenters. The average Bonchev–Trinajstić information content (AvgIpc) is 2.24. The van der Waals surface area contributed by atoms with E-state index in [-0.39, 0.29) is 11.2 Å². The van der Waals surface area contributed by atoms with E-state index in [1.165, 1.54) is 0 Å². The van der Waals surface area contributed by atoms with Crippen molar-refractivity contribution in [3.63, 3.8) is 0 Å². The van der Waals surface area contributed by atoms with Crippen molar-refractivity contribution >= 4 is 35.0 Å². The van der Waals surface area contributed by atoms with E-state index in [4.69, 9.17) is 22.1 Å². The molecule has 5 heteroatoms. The third kappa shape index (κ3) is 1.68. The SMILES string of the molecule is CSC1COC(=O)c2ccc(Cl)c(N)c21. The van der Waals surface area contributed by atoms with Crippen molar-refractivity contribution in [1.82, 2.24) is 0 Å². The van der Waals surface area contributed by atoms with Crippen LogP contribution in [0, 0.1) is 0 Å². The minimum Gasteiger partial charge on any atom is -0.461 e. The predicted molar refractivity (Wildman–Crippen MR) is 62.4 cm³/mol. The summed E-state index contributed by atoms with van der Waals surface area (Å²) in [5.41, 5.74) is 7.71. The Hall–Kier alpha value is -0.870. The van der Waals surface area contributed by atoms with Crippen molar-refractivity contribution in [1.29, 1.82) is 0 Å². The van der Waals surface area contributed by atoms with E-state index in [0.717, 1.165) is 5.56 Å². The molecule has 3 nitrogen and oxygen atoms in total. The molecule has 0 fully saturated rings. The molecule has 1 heterocycles. The maximum Gasteiger partial charge on any atom is 0.338 e. The second kappa shape index (κ2) is 3.94. The van der Waals surface area contributed by atoms with Crippen LogP contribution in [0.1, 0.15) is 21.2 Å². The van der Waals surface area contributed by atoms with Gasteiger partial charge in [0.15, 0.2) is 0 Å². The fourth-order valence-electron chi connectivity index (χ4n) is 1.63. The number of halogens is 1. The summed E-state index contributed by atoms with van der Waals surface area (Å²) in [5, 5.41) is 0.568. The largest absolute Gasteiger partial charge is 0.461 e. The zero-order valence-electron chi connectivity index (χ0n) is 8.12. The third-order valence-corrected chi connectivity index (χ3v) is 3.70. The number of esters is 1. The molecule has 0 radical (unpaired) electrons. The van der Waals surface area contributed by atoms with Gasteiger partial charge in [0.1, 0.15) is 6.61 Å². The Morgan fingerprint density at radius 1 is 1.60 bits per heavy atom. The van der Waals surface area contributed by atoms with Crippen LogP contribution in [0.3, 0.4) is 0 Å². The monoisotopic (exact) mass is 243 g/mol. The van der Waals surface area contributed by atoms with Crippen molar-refractivity contribution in [2.75, 3.05) is 18.6 Å². The molecular formula is C10H10ClNO2S. The number of thioether (sulfide) groups is 1. The molecule has 1 aromatic carbocycles. The van der Waals surface area contributed by atoms with Gasteiger partial charge >= 0.3 is 5.97 Å². The second-order valence-electron chi connectivity index (χ2n) is 3.25. The fourth-order valence-corrected chi connectivity index (χ4v) is 2.49. The number of carbonyl (C=O) groups is 1. The van der Waals surface area contributed by atoms with E-state index in [2.05, 4.69) is 0 Å². The van der Waals surface area contributed by atoms with E-state index in [1.807, 2.05) is 6.26 Å². The molecule has 0 amide bonds. The van der Waals surface area contributed by atoms with Gasteiger partial charge in [-0.3, -0.25) is 0 Å². The number of benzene rings is 1. The molecule has 0 bridgehead atoms. The lowest BCUT2D eigenvalue weighted by molar-refractivity contribution is 0.0477. The summed E-state index contributed by atoms with van der Waals surface area (Å²) in [6.07, 6.45) is 1.95. The first-order valence-electron chi connectivity index (χ1n) is 4.43. The van der Waals surface area contributed by atoms with Gasteiger partial charge in [0.25, 0.3) is 0 Å². The number of hydrogen-bond donors (Lipinski definition) is 1. The van der Waals surface area contributed by atoms with Crippen LogP contribution in [-0.4, -0.2) is 18.8 Å². The first-order chi connectivity index (χ1) is 7.15. The molecule has 0 aromatic heterocycles. The maximum atomic E-state index is 11.5. The van der Waals surface area contributed by atoms with Crippen molar-refractivity contribution < 1.29 is 9.53 Å². The van der Waals surface area contributed by atoms with Gasteiger partial charge in [-0.2, -0.15) is 11.8 Å². The van der Waals surface area contributed by atoms with E-state index < -0.39 is 0 Å². The molecule has 0 saturated heterocycles. The van der Waals surface area contributed by atoms with E-state index in [1.54, 1.807) is 23.9 Å². The lowest BCUT2D eigenvalue weighted by Crippen LogP contribution is -2.22. The third-order valence-electron chi connectivity index (χ3n) is 2.43. The molecule has 2 rings (SSSR count). The van der Waals surface area contributed by atoms with E-state index in [0.29, 0.717) is 22.9 Å². The topological polar surface area (TPSA) is 52.3 Å². The van der Waals surface area contributed by atoms with Gasteiger partial charge < -0.3 is 10.5 Å². The van der Waals surface area contributed by atoms with Gasteiger partial charge in [-0.25, -0.2) is 4.79 Å². The summed E-state index contributed by atoms with van der Waals surface area (Å²) < 4.78 is 5.04. The minimum absolute atomic E-state index is 0.0800. The van der Waals surface area contributed by atoms with Gasteiger partial charge in [0.2, 0.25) is 0 Å². The summed E-state index contributed by atoms with van der Waals surface area (Å²) in [4.78, 5) is 11.5. The highest BCUT2D eigenvalue weighted by atomic mass is 35.5. The van der Waals surface area contributed by atoms with Crippen LogP contribution in [-0.2, 0) is 4.74 Å². The Kier molecular flexibility index (Phi) is 2.80. The standard InChI is InChI=1S/C10H10ClNO2S/c1-15-7-4-14-10(13)5-2-3-6(11)9(12)8(5)7/h2-3,7H,4,12H2,1H3. The molecule has 1 aliphatic heterocycles. The van der Waals surface area contributed by atoms with Crippen LogP contribution >= 0.6 is 23.4 Å². The molecule has 2 N–H and O–H groups in total. The Morgan fingerprint density at radius 2 is 2.33 bits per heavy atom. The van der Waals surface area contributed by atoms with Crippen molar-refractivity contribution in [2.24, 2.45) is 0 Å². The Morgan fingerprint density at radius 3 is 3.00 bits per heavy atom. The van der Waals surface area contributed by atoms with Gasteiger partial charge in [-0.05, 0) is 18.4 Å². The van der Waals surface area contributed by atoms with Crippen LogP contribution in [0.5, 0.6) is 0 Å². The zero-order valence-corrected chi connectivity index (χ0v) is 9.69. The fraction of sp³-hybridized carbons (Fsp3) is 0.300. The van der Waals surface area contributed by atoms with Crippen LogP contribution in [0.15, 0.2) is 12.1 Å². The number of nitrogens with two attached hydrogens (primary N) is 1.